The Hall–Kier alpha value is -1.35. The maximum atomic E-state index is 12.4. The zero-order valence-electron chi connectivity index (χ0n) is 12.0. The normalized spacial score (nSPS) is 33.1. The molecule has 0 radical (unpaired) electrons. The van der Waals surface area contributed by atoms with Crippen molar-refractivity contribution in [3.8, 4) is 0 Å². The highest BCUT2D eigenvalue weighted by atomic mass is 16.3. The lowest BCUT2D eigenvalue weighted by molar-refractivity contribution is -0.123. The molecule has 3 nitrogen and oxygen atoms in total. The molecular weight excluding hydrogens is 250 g/mol. The summed E-state index contributed by atoms with van der Waals surface area (Å²) < 4.78 is 0. The Morgan fingerprint density at radius 3 is 2.70 bits per heavy atom. The first kappa shape index (κ1) is 13.6. The minimum atomic E-state index is -0.130. The Morgan fingerprint density at radius 2 is 2.00 bits per heavy atom. The quantitative estimate of drug-likeness (QED) is 0.884. The summed E-state index contributed by atoms with van der Waals surface area (Å²) in [4.78, 5) is 12.4. The van der Waals surface area contributed by atoms with Crippen molar-refractivity contribution in [2.24, 2.45) is 17.8 Å². The molecule has 0 aliphatic heterocycles. The number of amides is 1. The van der Waals surface area contributed by atoms with E-state index in [0.29, 0.717) is 11.8 Å². The summed E-state index contributed by atoms with van der Waals surface area (Å²) in [5.74, 6) is 1.41. The van der Waals surface area contributed by atoms with Crippen molar-refractivity contribution in [2.45, 2.75) is 38.1 Å². The second-order valence-electron chi connectivity index (χ2n) is 6.35. The van der Waals surface area contributed by atoms with Crippen LogP contribution in [0, 0.1) is 17.8 Å². The second kappa shape index (κ2) is 5.57. The standard InChI is InChI=1S/C17H23NO2/c1-11(12-5-3-2-4-6-12)17(20)18-16-14-8-7-13(9-14)15(16)10-19/h2-6,11,13-16,19H,7-10H2,1H3,(H,18,20)/t11-,13-,14-,15-,16+/m0/s1. The van der Waals surface area contributed by atoms with Gasteiger partial charge in [0.25, 0.3) is 0 Å². The summed E-state index contributed by atoms with van der Waals surface area (Å²) in [5, 5.41) is 12.8. The number of fused-ring (bicyclic) bond motifs is 2. The third-order valence-corrected chi connectivity index (χ3v) is 5.30. The van der Waals surface area contributed by atoms with Gasteiger partial charge in [-0.3, -0.25) is 4.79 Å². The van der Waals surface area contributed by atoms with Crippen molar-refractivity contribution in [3.05, 3.63) is 35.9 Å². The van der Waals surface area contributed by atoms with Crippen LogP contribution < -0.4 is 5.32 Å². The number of carbonyl (C=O) groups excluding carboxylic acids is 1. The maximum absolute atomic E-state index is 12.4. The van der Waals surface area contributed by atoms with Crippen LogP contribution in [-0.2, 0) is 4.79 Å². The topological polar surface area (TPSA) is 49.3 Å². The average Bonchev–Trinajstić information content (AvgIpc) is 3.08. The van der Waals surface area contributed by atoms with Crippen molar-refractivity contribution < 1.29 is 9.90 Å². The van der Waals surface area contributed by atoms with Crippen LogP contribution in [0.25, 0.3) is 0 Å². The molecule has 0 spiro atoms. The lowest BCUT2D eigenvalue weighted by atomic mass is 9.84. The predicted octanol–water partition coefficient (Wildman–Crippen LogP) is 2.31. The molecule has 108 valence electrons. The average molecular weight is 273 g/mol. The van der Waals surface area contributed by atoms with Crippen LogP contribution in [0.1, 0.15) is 37.7 Å². The van der Waals surface area contributed by atoms with Crippen LogP contribution in [-0.4, -0.2) is 23.7 Å². The number of rotatable bonds is 4. The highest BCUT2D eigenvalue weighted by molar-refractivity contribution is 5.83. The van der Waals surface area contributed by atoms with Crippen molar-refractivity contribution in [1.82, 2.24) is 5.32 Å². The fourth-order valence-corrected chi connectivity index (χ4v) is 4.08. The molecule has 2 aliphatic carbocycles. The smallest absolute Gasteiger partial charge is 0.227 e. The van der Waals surface area contributed by atoms with Crippen LogP contribution in [0.3, 0.4) is 0 Å². The van der Waals surface area contributed by atoms with E-state index < -0.39 is 0 Å². The van der Waals surface area contributed by atoms with Crippen molar-refractivity contribution in [2.75, 3.05) is 6.61 Å². The van der Waals surface area contributed by atoms with Gasteiger partial charge >= 0.3 is 0 Å². The maximum Gasteiger partial charge on any atom is 0.227 e. The van der Waals surface area contributed by atoms with Crippen molar-refractivity contribution in [1.29, 1.82) is 0 Å². The van der Waals surface area contributed by atoms with Gasteiger partial charge in [0.1, 0.15) is 0 Å². The summed E-state index contributed by atoms with van der Waals surface area (Å²) >= 11 is 0. The molecule has 3 heteroatoms. The van der Waals surface area contributed by atoms with E-state index >= 15 is 0 Å². The molecule has 5 atom stereocenters. The summed E-state index contributed by atoms with van der Waals surface area (Å²) in [7, 11) is 0. The number of hydrogen-bond donors (Lipinski definition) is 2. The third kappa shape index (κ3) is 2.35. The molecule has 0 heterocycles. The zero-order chi connectivity index (χ0) is 14.1. The number of aliphatic hydroxyl groups excluding tert-OH is 1. The van der Waals surface area contributed by atoms with Gasteiger partial charge in [-0.25, -0.2) is 0 Å². The van der Waals surface area contributed by atoms with E-state index in [1.54, 1.807) is 0 Å². The first-order valence-electron chi connectivity index (χ1n) is 7.67. The monoisotopic (exact) mass is 273 g/mol. The number of aliphatic hydroxyl groups is 1. The van der Waals surface area contributed by atoms with Gasteiger partial charge in [0, 0.05) is 18.6 Å². The molecule has 1 amide bonds. The minimum absolute atomic E-state index is 0.0900. The predicted molar refractivity (Wildman–Crippen MR) is 78.2 cm³/mol. The number of carbonyl (C=O) groups is 1. The fraction of sp³-hybridized carbons (Fsp3) is 0.588. The van der Waals surface area contributed by atoms with E-state index in [4.69, 9.17) is 0 Å². The van der Waals surface area contributed by atoms with Gasteiger partial charge in [0.2, 0.25) is 5.91 Å². The summed E-state index contributed by atoms with van der Waals surface area (Å²) in [6.07, 6.45) is 3.60. The first-order chi connectivity index (χ1) is 9.70. The number of benzene rings is 1. The van der Waals surface area contributed by atoms with E-state index in [2.05, 4.69) is 5.32 Å². The highest BCUT2D eigenvalue weighted by Crippen LogP contribution is 2.48. The fourth-order valence-electron chi connectivity index (χ4n) is 4.08. The van der Waals surface area contributed by atoms with E-state index in [1.807, 2.05) is 37.3 Å². The Morgan fingerprint density at radius 1 is 1.30 bits per heavy atom. The molecule has 0 unspecified atom stereocenters. The van der Waals surface area contributed by atoms with Crippen LogP contribution in [0.15, 0.2) is 30.3 Å². The summed E-state index contributed by atoms with van der Waals surface area (Å²) in [6.45, 7) is 2.15. The van der Waals surface area contributed by atoms with Gasteiger partial charge in [-0.1, -0.05) is 30.3 Å². The number of nitrogens with one attached hydrogen (secondary N) is 1. The van der Waals surface area contributed by atoms with Crippen LogP contribution in [0.5, 0.6) is 0 Å². The second-order valence-corrected chi connectivity index (χ2v) is 6.35. The molecule has 2 fully saturated rings. The molecule has 0 aromatic heterocycles. The largest absolute Gasteiger partial charge is 0.396 e. The van der Waals surface area contributed by atoms with Gasteiger partial charge < -0.3 is 10.4 Å². The molecule has 20 heavy (non-hydrogen) atoms. The molecule has 3 rings (SSSR count). The van der Waals surface area contributed by atoms with Gasteiger partial charge in [-0.15, -0.1) is 0 Å². The molecular formula is C17H23NO2. The lowest BCUT2D eigenvalue weighted by Crippen LogP contribution is -2.46. The molecule has 1 aromatic carbocycles. The Labute approximate surface area is 120 Å². The minimum Gasteiger partial charge on any atom is -0.396 e. The first-order valence-corrected chi connectivity index (χ1v) is 7.67. The van der Waals surface area contributed by atoms with E-state index in [-0.39, 0.29) is 30.4 Å². The van der Waals surface area contributed by atoms with Gasteiger partial charge in [0.15, 0.2) is 0 Å². The SMILES string of the molecule is C[C@H](C(=O)N[C@@H]1[C@H]2CC[C@@H](C2)[C@@H]1CO)c1ccccc1. The highest BCUT2D eigenvalue weighted by Gasteiger charge is 2.47. The van der Waals surface area contributed by atoms with Crippen molar-refractivity contribution in [3.63, 3.8) is 0 Å². The number of hydrogen-bond acceptors (Lipinski definition) is 2. The van der Waals surface area contributed by atoms with Gasteiger partial charge in [0.05, 0.1) is 5.92 Å². The Balaban J connectivity index is 1.67. The molecule has 2 N–H and O–H groups in total. The van der Waals surface area contributed by atoms with Gasteiger partial charge in [-0.05, 0) is 43.6 Å². The lowest BCUT2D eigenvalue weighted by Gasteiger charge is -2.31. The Bertz CT molecular complexity index is 473. The third-order valence-electron chi connectivity index (χ3n) is 5.30. The van der Waals surface area contributed by atoms with E-state index in [9.17, 15) is 9.90 Å². The van der Waals surface area contributed by atoms with E-state index in [1.165, 1.54) is 19.3 Å². The molecule has 2 saturated carbocycles. The van der Waals surface area contributed by atoms with Crippen LogP contribution in [0.2, 0.25) is 0 Å². The molecule has 0 saturated heterocycles. The van der Waals surface area contributed by atoms with Crippen molar-refractivity contribution >= 4 is 5.91 Å². The summed E-state index contributed by atoms with van der Waals surface area (Å²) in [6, 6.07) is 10.1. The van der Waals surface area contributed by atoms with Gasteiger partial charge in [-0.2, -0.15) is 0 Å². The molecule has 1 aromatic rings. The molecule has 2 bridgehead atoms. The zero-order valence-corrected chi connectivity index (χ0v) is 12.0. The van der Waals surface area contributed by atoms with Crippen LogP contribution >= 0.6 is 0 Å². The Kier molecular flexibility index (Phi) is 3.79. The van der Waals surface area contributed by atoms with E-state index in [0.717, 1.165) is 5.56 Å². The van der Waals surface area contributed by atoms with Crippen LogP contribution in [0.4, 0.5) is 0 Å². The summed E-state index contributed by atoms with van der Waals surface area (Å²) in [5.41, 5.74) is 1.05. The molecule has 2 aliphatic rings.